The van der Waals surface area contributed by atoms with E-state index in [2.05, 4.69) is 67.6 Å². The molecule has 0 radical (unpaired) electrons. The van der Waals surface area contributed by atoms with Gasteiger partial charge in [0.2, 0.25) is 0 Å². The summed E-state index contributed by atoms with van der Waals surface area (Å²) in [5.74, 6) is -0.506. The molecule has 158 valence electrons. The van der Waals surface area contributed by atoms with Crippen LogP contribution in [0.3, 0.4) is 0 Å². The molecule has 0 unspecified atom stereocenters. The normalized spacial score (nSPS) is 34.8. The Kier molecular flexibility index (Phi) is 3.74. The van der Waals surface area contributed by atoms with Crippen LogP contribution in [0.5, 0.6) is 0 Å². The van der Waals surface area contributed by atoms with Gasteiger partial charge in [0.25, 0.3) is 0 Å². The zero-order valence-corrected chi connectivity index (χ0v) is 18.6. The van der Waals surface area contributed by atoms with E-state index in [-0.39, 0.29) is 17.5 Å². The van der Waals surface area contributed by atoms with Crippen LogP contribution < -0.4 is 0 Å². The van der Waals surface area contributed by atoms with Crippen molar-refractivity contribution in [3.63, 3.8) is 0 Å². The Hall–Kier alpha value is -3.26. The highest BCUT2D eigenvalue weighted by Crippen LogP contribution is 2.75. The molecule has 0 heterocycles. The molecular weight excluding hydrogens is 392 g/mol. The van der Waals surface area contributed by atoms with Gasteiger partial charge in [-0.15, -0.1) is 0 Å². The number of carbonyl (C=O) groups excluding carboxylic acids is 2. The van der Waals surface area contributed by atoms with Crippen LogP contribution in [0.25, 0.3) is 0 Å². The van der Waals surface area contributed by atoms with Crippen molar-refractivity contribution in [2.75, 3.05) is 0 Å². The van der Waals surface area contributed by atoms with Crippen LogP contribution in [0, 0.1) is 11.3 Å². The number of rotatable bonds is 2. The molecular formula is C30H26O2. The SMILES string of the molecule is CC1=C[C@]2(c3ccccc3)c3ccccc3[C@]3(C)C(=O)[C@@H](c4ccccc4)[C@]2(C)[C@H]3C1=O. The van der Waals surface area contributed by atoms with Crippen molar-refractivity contribution in [3.8, 4) is 0 Å². The van der Waals surface area contributed by atoms with E-state index in [4.69, 9.17) is 0 Å². The topological polar surface area (TPSA) is 34.1 Å². The van der Waals surface area contributed by atoms with Gasteiger partial charge in [0.1, 0.15) is 0 Å². The second-order valence-electron chi connectivity index (χ2n) is 10.0. The lowest BCUT2D eigenvalue weighted by Crippen LogP contribution is -2.60. The number of allylic oxidation sites excluding steroid dienone is 2. The van der Waals surface area contributed by atoms with E-state index >= 15 is 0 Å². The monoisotopic (exact) mass is 418 g/mol. The van der Waals surface area contributed by atoms with Gasteiger partial charge in [0, 0.05) is 16.7 Å². The maximum absolute atomic E-state index is 14.5. The average molecular weight is 419 g/mol. The van der Waals surface area contributed by atoms with Crippen LogP contribution in [0.2, 0.25) is 0 Å². The highest BCUT2D eigenvalue weighted by molar-refractivity contribution is 6.12. The number of fused-ring (bicyclic) bond motifs is 3. The van der Waals surface area contributed by atoms with E-state index < -0.39 is 22.2 Å². The van der Waals surface area contributed by atoms with Crippen LogP contribution in [-0.4, -0.2) is 11.6 Å². The highest BCUT2D eigenvalue weighted by atomic mass is 16.1. The fourth-order valence-electron chi connectivity index (χ4n) is 7.58. The molecule has 2 heteroatoms. The molecule has 6 rings (SSSR count). The molecule has 0 amide bonds. The lowest BCUT2D eigenvalue weighted by Gasteiger charge is -2.59. The lowest BCUT2D eigenvalue weighted by molar-refractivity contribution is -0.130. The molecule has 3 aliphatic rings. The van der Waals surface area contributed by atoms with Crippen molar-refractivity contribution in [2.24, 2.45) is 11.3 Å². The first-order chi connectivity index (χ1) is 15.4. The summed E-state index contributed by atoms with van der Waals surface area (Å²) >= 11 is 0. The number of ketones is 2. The number of hydrogen-bond acceptors (Lipinski definition) is 2. The third-order valence-electron chi connectivity index (χ3n) is 8.76. The van der Waals surface area contributed by atoms with Gasteiger partial charge in [0.15, 0.2) is 11.6 Å². The third kappa shape index (κ3) is 1.93. The standard InChI is InChI=1S/C30H26O2/c1-19-18-30(21-14-8-5-9-15-21)23-17-11-10-16-22(23)28(2)26(25(19)31)29(30,3)24(27(28)32)20-12-6-4-7-13-20/h4-18,24,26H,1-3H3/t24-,26+,28+,29-,30+/m1/s1. The highest BCUT2D eigenvalue weighted by Gasteiger charge is 2.77. The van der Waals surface area contributed by atoms with Crippen LogP contribution in [0.15, 0.2) is 96.6 Å². The molecule has 3 aromatic rings. The lowest BCUT2D eigenvalue weighted by atomic mass is 9.41. The van der Waals surface area contributed by atoms with E-state index in [1.807, 2.05) is 44.2 Å². The van der Waals surface area contributed by atoms with Gasteiger partial charge in [-0.05, 0) is 41.7 Å². The molecule has 32 heavy (non-hydrogen) atoms. The van der Waals surface area contributed by atoms with Gasteiger partial charge in [-0.1, -0.05) is 97.9 Å². The van der Waals surface area contributed by atoms with Gasteiger partial charge >= 0.3 is 0 Å². The smallest absolute Gasteiger partial charge is 0.163 e. The van der Waals surface area contributed by atoms with Gasteiger partial charge in [-0.25, -0.2) is 0 Å². The molecule has 0 aromatic heterocycles. The fraction of sp³-hybridized carbons (Fsp3) is 0.267. The zero-order valence-electron chi connectivity index (χ0n) is 18.6. The van der Waals surface area contributed by atoms with E-state index in [9.17, 15) is 9.59 Å². The zero-order chi connectivity index (χ0) is 22.3. The van der Waals surface area contributed by atoms with Crippen LogP contribution in [-0.2, 0) is 20.4 Å². The Labute approximate surface area is 189 Å². The van der Waals surface area contributed by atoms with Crippen molar-refractivity contribution in [1.82, 2.24) is 0 Å². The van der Waals surface area contributed by atoms with E-state index in [1.54, 1.807) is 0 Å². The van der Waals surface area contributed by atoms with E-state index in [0.29, 0.717) is 0 Å². The minimum atomic E-state index is -0.850. The number of hydrogen-bond donors (Lipinski definition) is 0. The van der Waals surface area contributed by atoms with Crippen molar-refractivity contribution >= 4 is 11.6 Å². The fourth-order valence-corrected chi connectivity index (χ4v) is 7.58. The summed E-state index contributed by atoms with van der Waals surface area (Å²) in [7, 11) is 0. The summed E-state index contributed by atoms with van der Waals surface area (Å²) in [6.45, 7) is 6.14. The molecule has 0 N–H and O–H groups in total. The Balaban J connectivity index is 1.84. The molecule has 4 bridgehead atoms. The predicted molar refractivity (Wildman–Crippen MR) is 126 cm³/mol. The summed E-state index contributed by atoms with van der Waals surface area (Å²) in [4.78, 5) is 28.4. The van der Waals surface area contributed by atoms with Crippen molar-refractivity contribution < 1.29 is 9.59 Å². The maximum Gasteiger partial charge on any atom is 0.163 e. The third-order valence-corrected chi connectivity index (χ3v) is 8.76. The molecule has 0 saturated heterocycles. The Morgan fingerprint density at radius 2 is 1.28 bits per heavy atom. The minimum Gasteiger partial charge on any atom is -0.298 e. The Morgan fingerprint density at radius 1 is 0.719 bits per heavy atom. The minimum absolute atomic E-state index is 0.114. The van der Waals surface area contributed by atoms with Crippen molar-refractivity contribution in [2.45, 2.75) is 37.5 Å². The summed E-state index contributed by atoms with van der Waals surface area (Å²) in [6, 6.07) is 28.9. The van der Waals surface area contributed by atoms with Gasteiger partial charge in [0.05, 0.1) is 11.3 Å². The molecule has 1 fully saturated rings. The first-order valence-corrected chi connectivity index (χ1v) is 11.4. The largest absolute Gasteiger partial charge is 0.298 e. The summed E-state index contributed by atoms with van der Waals surface area (Å²) < 4.78 is 0. The summed E-state index contributed by atoms with van der Waals surface area (Å²) in [5, 5.41) is 0. The van der Waals surface area contributed by atoms with Gasteiger partial charge in [-0.3, -0.25) is 9.59 Å². The molecule has 5 atom stereocenters. The molecule has 0 aliphatic heterocycles. The first kappa shape index (κ1) is 19.4. The van der Waals surface area contributed by atoms with Gasteiger partial charge < -0.3 is 0 Å². The number of benzene rings is 3. The van der Waals surface area contributed by atoms with Gasteiger partial charge in [-0.2, -0.15) is 0 Å². The molecule has 2 nitrogen and oxygen atoms in total. The second-order valence-corrected chi connectivity index (χ2v) is 10.0. The van der Waals surface area contributed by atoms with Crippen molar-refractivity contribution in [3.05, 3.63) is 119 Å². The number of Topliss-reactive ketones (excluding diaryl/α,β-unsaturated/α-hetero) is 2. The molecule has 3 aromatic carbocycles. The summed E-state index contributed by atoms with van der Waals surface area (Å²) in [6.07, 6.45) is 2.17. The quantitative estimate of drug-likeness (QED) is 0.530. The van der Waals surface area contributed by atoms with E-state index in [0.717, 1.165) is 27.8 Å². The van der Waals surface area contributed by atoms with Crippen LogP contribution in [0.1, 0.15) is 48.9 Å². The molecule has 3 aliphatic carbocycles. The van der Waals surface area contributed by atoms with E-state index in [1.165, 1.54) is 0 Å². The molecule has 0 spiro atoms. The Bertz CT molecular complexity index is 1300. The van der Waals surface area contributed by atoms with Crippen molar-refractivity contribution in [1.29, 1.82) is 0 Å². The molecule has 1 saturated carbocycles. The predicted octanol–water partition coefficient (Wildman–Crippen LogP) is 5.76. The second kappa shape index (κ2) is 6.16. The Morgan fingerprint density at radius 3 is 1.94 bits per heavy atom. The van der Waals surface area contributed by atoms with Crippen LogP contribution in [0.4, 0.5) is 0 Å². The summed E-state index contributed by atoms with van der Waals surface area (Å²) in [5.41, 5.74) is 3.03. The maximum atomic E-state index is 14.5. The number of carbonyl (C=O) groups is 2. The van der Waals surface area contributed by atoms with Crippen LogP contribution >= 0.6 is 0 Å². The first-order valence-electron chi connectivity index (χ1n) is 11.4. The average Bonchev–Trinajstić information content (AvgIpc) is 2.98.